The lowest BCUT2D eigenvalue weighted by atomic mass is 10.1. The number of nitrogens with zero attached hydrogens (tertiary/aromatic N) is 3. The fourth-order valence-electron chi connectivity index (χ4n) is 3.53. The number of hydrogen-bond donors (Lipinski definition) is 2. The molecule has 7 nitrogen and oxygen atoms in total. The molecule has 0 aliphatic carbocycles. The average molecular weight is 426 g/mol. The molecular weight excluding hydrogens is 397 g/mol. The van der Waals surface area contributed by atoms with Gasteiger partial charge in [0.2, 0.25) is 0 Å². The molecular formula is C23H28FN5O2. The molecule has 1 unspecified atom stereocenters. The van der Waals surface area contributed by atoms with Gasteiger partial charge in [-0.2, -0.15) is 5.26 Å². The first-order chi connectivity index (χ1) is 15.1. The van der Waals surface area contributed by atoms with Crippen LogP contribution in [0.1, 0.15) is 24.5 Å². The van der Waals surface area contributed by atoms with Gasteiger partial charge in [0, 0.05) is 55.1 Å². The minimum atomic E-state index is -0.363. The van der Waals surface area contributed by atoms with Gasteiger partial charge in [-0.15, -0.1) is 0 Å². The van der Waals surface area contributed by atoms with Gasteiger partial charge in [-0.25, -0.2) is 9.38 Å². The molecule has 0 spiro atoms. The van der Waals surface area contributed by atoms with Crippen LogP contribution < -0.4 is 25.0 Å². The van der Waals surface area contributed by atoms with Crippen LogP contribution in [0.15, 0.2) is 41.4 Å². The van der Waals surface area contributed by atoms with Crippen molar-refractivity contribution in [3.63, 3.8) is 0 Å². The number of nitriles is 1. The van der Waals surface area contributed by atoms with Crippen molar-refractivity contribution in [3.05, 3.63) is 53.3 Å². The van der Waals surface area contributed by atoms with Crippen molar-refractivity contribution in [1.29, 1.82) is 5.26 Å². The van der Waals surface area contributed by atoms with Crippen LogP contribution in [0.25, 0.3) is 0 Å². The molecule has 1 aliphatic heterocycles. The number of guanidine groups is 1. The molecule has 31 heavy (non-hydrogen) atoms. The van der Waals surface area contributed by atoms with Gasteiger partial charge in [0.15, 0.2) is 5.96 Å². The van der Waals surface area contributed by atoms with Crippen molar-refractivity contribution in [1.82, 2.24) is 10.6 Å². The summed E-state index contributed by atoms with van der Waals surface area (Å²) in [6, 6.07) is 12.4. The summed E-state index contributed by atoms with van der Waals surface area (Å²) < 4.78 is 24.8. The molecule has 0 radical (unpaired) electrons. The molecule has 3 rings (SSSR count). The lowest BCUT2D eigenvalue weighted by Gasteiger charge is -2.21. The van der Waals surface area contributed by atoms with Crippen molar-refractivity contribution in [2.45, 2.75) is 25.9 Å². The zero-order chi connectivity index (χ0) is 22.2. The molecule has 1 aliphatic rings. The van der Waals surface area contributed by atoms with Gasteiger partial charge in [-0.3, -0.25) is 0 Å². The van der Waals surface area contributed by atoms with Crippen LogP contribution in [0, 0.1) is 17.1 Å². The number of rotatable bonds is 7. The van der Waals surface area contributed by atoms with Crippen LogP contribution in [-0.2, 0) is 6.54 Å². The molecule has 0 bridgehead atoms. The minimum Gasteiger partial charge on any atom is -0.497 e. The highest BCUT2D eigenvalue weighted by Gasteiger charge is 2.24. The Bertz CT molecular complexity index is 951. The molecule has 1 heterocycles. The Morgan fingerprint density at radius 1 is 1.23 bits per heavy atom. The topological polar surface area (TPSA) is 81.9 Å². The van der Waals surface area contributed by atoms with Crippen LogP contribution >= 0.6 is 0 Å². The highest BCUT2D eigenvalue weighted by Crippen LogP contribution is 2.30. The van der Waals surface area contributed by atoms with Crippen molar-refractivity contribution >= 4 is 11.6 Å². The minimum absolute atomic E-state index is 0.153. The fourth-order valence-corrected chi connectivity index (χ4v) is 3.53. The first kappa shape index (κ1) is 22.2. The largest absolute Gasteiger partial charge is 0.497 e. The molecule has 1 atom stereocenters. The van der Waals surface area contributed by atoms with Crippen LogP contribution in [0.2, 0.25) is 0 Å². The molecule has 0 amide bonds. The second-order valence-corrected chi connectivity index (χ2v) is 7.26. The number of methoxy groups -OCH3 is 2. The zero-order valence-corrected chi connectivity index (χ0v) is 18.1. The third-order valence-corrected chi connectivity index (χ3v) is 5.16. The molecule has 2 aromatic rings. The van der Waals surface area contributed by atoms with Gasteiger partial charge in [-0.05, 0) is 31.5 Å². The molecule has 1 fully saturated rings. The Morgan fingerprint density at radius 3 is 2.61 bits per heavy atom. The second kappa shape index (κ2) is 10.5. The summed E-state index contributed by atoms with van der Waals surface area (Å²) in [6.45, 7) is 4.50. The van der Waals surface area contributed by atoms with Crippen LogP contribution in [0.3, 0.4) is 0 Å². The number of halogens is 1. The van der Waals surface area contributed by atoms with Gasteiger partial charge in [0.1, 0.15) is 17.3 Å². The van der Waals surface area contributed by atoms with E-state index >= 15 is 0 Å². The van der Waals surface area contributed by atoms with Crippen LogP contribution in [0.4, 0.5) is 10.1 Å². The first-order valence-electron chi connectivity index (χ1n) is 10.3. The van der Waals surface area contributed by atoms with E-state index in [1.165, 1.54) is 18.2 Å². The van der Waals surface area contributed by atoms with E-state index in [2.05, 4.69) is 20.5 Å². The van der Waals surface area contributed by atoms with E-state index in [-0.39, 0.29) is 18.4 Å². The van der Waals surface area contributed by atoms with E-state index in [4.69, 9.17) is 14.7 Å². The summed E-state index contributed by atoms with van der Waals surface area (Å²) in [4.78, 5) is 6.79. The maximum absolute atomic E-state index is 14.1. The summed E-state index contributed by atoms with van der Waals surface area (Å²) in [6.07, 6.45) is 0.933. The maximum atomic E-state index is 14.1. The Balaban J connectivity index is 1.68. The summed E-state index contributed by atoms with van der Waals surface area (Å²) in [7, 11) is 3.28. The number of anilines is 1. The Morgan fingerprint density at radius 2 is 1.97 bits per heavy atom. The first-order valence-corrected chi connectivity index (χ1v) is 10.3. The van der Waals surface area contributed by atoms with Gasteiger partial charge in [-0.1, -0.05) is 0 Å². The fraction of sp³-hybridized carbons (Fsp3) is 0.391. The summed E-state index contributed by atoms with van der Waals surface area (Å²) in [5.74, 6) is 1.77. The lowest BCUT2D eigenvalue weighted by molar-refractivity contribution is 0.394. The predicted octanol–water partition coefficient (Wildman–Crippen LogP) is 3.05. The third-order valence-electron chi connectivity index (χ3n) is 5.16. The van der Waals surface area contributed by atoms with Crippen molar-refractivity contribution in [2.24, 2.45) is 4.99 Å². The predicted molar refractivity (Wildman–Crippen MR) is 119 cm³/mol. The van der Waals surface area contributed by atoms with E-state index < -0.39 is 0 Å². The lowest BCUT2D eigenvalue weighted by Crippen LogP contribution is -2.44. The molecule has 1 saturated heterocycles. The van der Waals surface area contributed by atoms with Gasteiger partial charge >= 0.3 is 0 Å². The van der Waals surface area contributed by atoms with Crippen molar-refractivity contribution < 1.29 is 13.9 Å². The molecule has 2 aromatic carbocycles. The zero-order valence-electron chi connectivity index (χ0n) is 18.1. The smallest absolute Gasteiger partial charge is 0.191 e. The Kier molecular flexibility index (Phi) is 7.55. The number of benzene rings is 2. The van der Waals surface area contributed by atoms with Crippen molar-refractivity contribution in [2.75, 3.05) is 38.8 Å². The Hall–Kier alpha value is -3.47. The van der Waals surface area contributed by atoms with Gasteiger partial charge in [0.25, 0.3) is 0 Å². The number of nitrogens with one attached hydrogen (secondary N) is 2. The molecule has 0 aromatic heterocycles. The van der Waals surface area contributed by atoms with E-state index in [1.54, 1.807) is 14.2 Å². The standard InChI is InChI=1S/C23H28FN5O2/c1-4-26-23(27-14-17-9-16(13-25)5-6-22(17)24)28-18-7-8-29(15-18)19-10-20(30-2)12-21(11-19)31-3/h5-6,9-12,18H,4,7-8,14-15H2,1-3H3,(H2,26,27,28). The van der Waals surface area contributed by atoms with Crippen molar-refractivity contribution in [3.8, 4) is 17.6 Å². The van der Waals surface area contributed by atoms with Gasteiger partial charge in [0.05, 0.1) is 32.4 Å². The Labute approximate surface area is 182 Å². The van der Waals surface area contributed by atoms with Crippen LogP contribution in [-0.4, -0.2) is 45.9 Å². The SMILES string of the molecule is CCNC(=NCc1cc(C#N)ccc1F)NC1CCN(c2cc(OC)cc(OC)c2)C1. The normalized spacial score (nSPS) is 16.0. The highest BCUT2D eigenvalue weighted by atomic mass is 19.1. The van der Waals surface area contributed by atoms with E-state index in [1.807, 2.05) is 31.2 Å². The van der Waals surface area contributed by atoms with Crippen LogP contribution in [0.5, 0.6) is 11.5 Å². The average Bonchev–Trinajstić information content (AvgIpc) is 3.26. The number of hydrogen-bond acceptors (Lipinski definition) is 5. The molecule has 8 heteroatoms. The molecule has 0 saturated carbocycles. The molecule has 2 N–H and O–H groups in total. The summed E-state index contributed by atoms with van der Waals surface area (Å²) >= 11 is 0. The summed E-state index contributed by atoms with van der Waals surface area (Å²) in [5.41, 5.74) is 1.86. The van der Waals surface area contributed by atoms with E-state index in [0.29, 0.717) is 23.6 Å². The quantitative estimate of drug-likeness (QED) is 0.524. The molecule has 164 valence electrons. The van der Waals surface area contributed by atoms with E-state index in [9.17, 15) is 4.39 Å². The number of aliphatic imine (C=N–C) groups is 1. The monoisotopic (exact) mass is 425 g/mol. The summed E-state index contributed by atoms with van der Waals surface area (Å²) in [5, 5.41) is 15.7. The third kappa shape index (κ3) is 5.79. The highest BCUT2D eigenvalue weighted by molar-refractivity contribution is 5.80. The second-order valence-electron chi connectivity index (χ2n) is 7.26. The van der Waals surface area contributed by atoms with E-state index in [0.717, 1.165) is 36.7 Å². The maximum Gasteiger partial charge on any atom is 0.191 e. The number of ether oxygens (including phenoxy) is 2. The van der Waals surface area contributed by atoms with Gasteiger partial charge < -0.3 is 25.0 Å².